The van der Waals surface area contributed by atoms with Crippen LogP contribution in [0.1, 0.15) is 32.1 Å². The number of fused-ring (bicyclic) bond motifs is 1. The van der Waals surface area contributed by atoms with E-state index in [0.717, 1.165) is 37.6 Å². The number of aromatic amines is 2. The molecule has 218 valence electrons. The molecule has 2 aliphatic rings. The van der Waals surface area contributed by atoms with Gasteiger partial charge in [0.1, 0.15) is 5.69 Å². The summed E-state index contributed by atoms with van der Waals surface area (Å²) in [7, 11) is -1.64. The number of piperazine rings is 1. The highest BCUT2D eigenvalue weighted by atomic mass is 32.2. The lowest BCUT2D eigenvalue weighted by Crippen LogP contribution is -2.44. The first-order chi connectivity index (χ1) is 20.3. The second-order valence-electron chi connectivity index (χ2n) is 10.4. The van der Waals surface area contributed by atoms with Crippen molar-refractivity contribution in [2.75, 3.05) is 55.3 Å². The maximum absolute atomic E-state index is 13.6. The summed E-state index contributed by atoms with van der Waals surface area (Å²) in [6.45, 7) is 3.84. The Kier molecular flexibility index (Phi) is 7.54. The predicted octanol–water partition coefficient (Wildman–Crippen LogP) is 2.74. The zero-order valence-electron chi connectivity index (χ0n) is 23.1. The quantitative estimate of drug-likeness (QED) is 0.260. The number of rotatable bonds is 7. The number of H-pyrrole nitrogens is 2. The van der Waals surface area contributed by atoms with Crippen molar-refractivity contribution in [3.8, 4) is 0 Å². The van der Waals surface area contributed by atoms with Gasteiger partial charge in [-0.15, -0.1) is 0 Å². The Morgan fingerprint density at radius 1 is 0.905 bits per heavy atom. The largest absolute Gasteiger partial charge is 0.369 e. The van der Waals surface area contributed by atoms with E-state index in [9.17, 15) is 18.0 Å². The highest BCUT2D eigenvalue weighted by Gasteiger charge is 2.32. The molecule has 6 rings (SSSR count). The third-order valence-electron chi connectivity index (χ3n) is 7.72. The summed E-state index contributed by atoms with van der Waals surface area (Å²) in [5.41, 5.74) is 3.28. The van der Waals surface area contributed by atoms with E-state index in [4.69, 9.17) is 0 Å². The molecule has 0 radical (unpaired) electrons. The van der Waals surface area contributed by atoms with Crippen molar-refractivity contribution >= 4 is 39.0 Å². The average molecular weight is 589 g/mol. The number of hydrogen-bond donors (Lipinski definition) is 4. The molecule has 2 aromatic carbocycles. The van der Waals surface area contributed by atoms with Gasteiger partial charge in [0, 0.05) is 68.8 Å². The second-order valence-corrected chi connectivity index (χ2v) is 12.4. The van der Waals surface area contributed by atoms with E-state index < -0.39 is 15.9 Å². The number of aromatic nitrogens is 3. The number of sulfonamides is 1. The fraction of sp³-hybridized carbons (Fsp3) is 0.276. The smallest absolute Gasteiger partial charge is 0.272 e. The Bertz CT molecular complexity index is 1690. The molecule has 0 unspecified atom stereocenters. The molecule has 13 heteroatoms. The molecule has 0 bridgehead atoms. The van der Waals surface area contributed by atoms with E-state index in [-0.39, 0.29) is 28.7 Å². The lowest BCUT2D eigenvalue weighted by atomic mass is 10.1. The summed E-state index contributed by atoms with van der Waals surface area (Å²) in [6.07, 6.45) is 2.09. The standard InChI is InChI=1S/C29H32N8O4S/c1-35-14-16-36(17-15-35)20-9-10-22(26(18-20)31-29(39)25-8-5-12-30-25)28(38)32-27-23-19-37(13-11-24(23)33-34-27)42(40,41)21-6-3-2-4-7-21/h2-10,12,18,30H,11,13-17,19H2,1H3,(H,31,39)(H2,32,33,34,38). The van der Waals surface area contributed by atoms with Crippen molar-refractivity contribution in [2.45, 2.75) is 17.9 Å². The molecule has 4 aromatic rings. The second kappa shape index (κ2) is 11.4. The first-order valence-electron chi connectivity index (χ1n) is 13.7. The van der Waals surface area contributed by atoms with E-state index in [2.05, 4.69) is 42.7 Å². The first-order valence-corrected chi connectivity index (χ1v) is 15.2. The molecule has 2 aliphatic heterocycles. The third-order valence-corrected chi connectivity index (χ3v) is 9.58. The fourth-order valence-electron chi connectivity index (χ4n) is 5.25. The summed E-state index contributed by atoms with van der Waals surface area (Å²) in [5.74, 6) is -0.588. The monoisotopic (exact) mass is 588 g/mol. The van der Waals surface area contributed by atoms with Crippen LogP contribution in [0.15, 0.2) is 71.8 Å². The number of carbonyl (C=O) groups excluding carboxylic acids is 2. The zero-order chi connectivity index (χ0) is 29.3. The Morgan fingerprint density at radius 3 is 2.43 bits per heavy atom. The van der Waals surface area contributed by atoms with Gasteiger partial charge < -0.3 is 25.4 Å². The Hall–Kier alpha value is -4.46. The number of carbonyl (C=O) groups is 2. The van der Waals surface area contributed by atoms with Crippen LogP contribution in [0.25, 0.3) is 0 Å². The van der Waals surface area contributed by atoms with Crippen LogP contribution >= 0.6 is 0 Å². The molecule has 0 aliphatic carbocycles. The molecule has 1 saturated heterocycles. The number of nitrogens with zero attached hydrogens (tertiary/aromatic N) is 4. The number of anilines is 3. The van der Waals surface area contributed by atoms with Gasteiger partial charge in [-0.2, -0.15) is 9.40 Å². The van der Waals surface area contributed by atoms with E-state index in [1.807, 2.05) is 12.1 Å². The predicted molar refractivity (Wildman–Crippen MR) is 159 cm³/mol. The van der Waals surface area contributed by atoms with Crippen LogP contribution < -0.4 is 15.5 Å². The van der Waals surface area contributed by atoms with Gasteiger partial charge in [0.15, 0.2) is 5.82 Å². The molecule has 2 aromatic heterocycles. The molecule has 0 spiro atoms. The highest BCUT2D eigenvalue weighted by molar-refractivity contribution is 7.89. The number of amides is 2. The average Bonchev–Trinajstić information content (AvgIpc) is 3.69. The molecule has 2 amide bonds. The minimum Gasteiger partial charge on any atom is -0.369 e. The fourth-order valence-corrected chi connectivity index (χ4v) is 6.68. The third kappa shape index (κ3) is 5.53. The molecular formula is C29H32N8O4S. The van der Waals surface area contributed by atoms with E-state index in [0.29, 0.717) is 29.9 Å². The van der Waals surface area contributed by atoms with Crippen LogP contribution in [0.5, 0.6) is 0 Å². The number of benzene rings is 2. The number of nitrogens with one attached hydrogen (secondary N) is 4. The van der Waals surface area contributed by atoms with Gasteiger partial charge in [0.25, 0.3) is 11.8 Å². The summed E-state index contributed by atoms with van der Waals surface area (Å²) < 4.78 is 27.9. The normalized spacial score (nSPS) is 16.2. The first kappa shape index (κ1) is 27.7. The van der Waals surface area contributed by atoms with Crippen LogP contribution in [0, 0.1) is 0 Å². The minimum absolute atomic E-state index is 0.0669. The van der Waals surface area contributed by atoms with Gasteiger partial charge in [-0.1, -0.05) is 18.2 Å². The molecular weight excluding hydrogens is 556 g/mol. The van der Waals surface area contributed by atoms with Gasteiger partial charge >= 0.3 is 0 Å². The molecule has 0 atom stereocenters. The molecule has 4 N–H and O–H groups in total. The maximum Gasteiger partial charge on any atom is 0.272 e. The Morgan fingerprint density at radius 2 is 1.69 bits per heavy atom. The van der Waals surface area contributed by atoms with Gasteiger partial charge in [0.05, 0.1) is 16.1 Å². The van der Waals surface area contributed by atoms with Crippen LogP contribution in [0.4, 0.5) is 17.2 Å². The summed E-state index contributed by atoms with van der Waals surface area (Å²) >= 11 is 0. The highest BCUT2D eigenvalue weighted by Crippen LogP contribution is 2.30. The van der Waals surface area contributed by atoms with Crippen molar-refractivity contribution < 1.29 is 18.0 Å². The van der Waals surface area contributed by atoms with Gasteiger partial charge in [-0.05, 0) is 49.5 Å². The topological polar surface area (TPSA) is 147 Å². The van der Waals surface area contributed by atoms with E-state index in [1.54, 1.807) is 54.7 Å². The lowest BCUT2D eigenvalue weighted by Gasteiger charge is -2.34. The van der Waals surface area contributed by atoms with Crippen molar-refractivity contribution in [3.05, 3.63) is 89.4 Å². The van der Waals surface area contributed by atoms with Crippen LogP contribution in [-0.4, -0.2) is 84.4 Å². The van der Waals surface area contributed by atoms with Gasteiger partial charge in [0.2, 0.25) is 10.0 Å². The maximum atomic E-state index is 13.6. The molecule has 42 heavy (non-hydrogen) atoms. The molecule has 4 heterocycles. The van der Waals surface area contributed by atoms with Crippen LogP contribution in [0.2, 0.25) is 0 Å². The SMILES string of the molecule is CN1CCN(c2ccc(C(=O)Nc3n[nH]c4c3CN(S(=O)(=O)c3ccccc3)CC4)c(NC(=O)c3ccc[nH]3)c2)CC1. The lowest BCUT2D eigenvalue weighted by molar-refractivity contribution is 0.102. The summed E-state index contributed by atoms with van der Waals surface area (Å²) in [6, 6.07) is 17.0. The van der Waals surface area contributed by atoms with Crippen molar-refractivity contribution in [3.63, 3.8) is 0 Å². The Balaban J connectivity index is 1.26. The van der Waals surface area contributed by atoms with Crippen LogP contribution in [-0.2, 0) is 23.0 Å². The van der Waals surface area contributed by atoms with Gasteiger partial charge in [-0.25, -0.2) is 8.42 Å². The zero-order valence-corrected chi connectivity index (χ0v) is 23.9. The van der Waals surface area contributed by atoms with Crippen molar-refractivity contribution in [2.24, 2.45) is 0 Å². The minimum atomic E-state index is -3.72. The molecule has 12 nitrogen and oxygen atoms in total. The number of hydrogen-bond acceptors (Lipinski definition) is 7. The van der Waals surface area contributed by atoms with Crippen molar-refractivity contribution in [1.82, 2.24) is 24.4 Å². The van der Waals surface area contributed by atoms with E-state index in [1.165, 1.54) is 4.31 Å². The number of likely N-dealkylation sites (N-methyl/N-ethyl adjacent to an activating group) is 1. The van der Waals surface area contributed by atoms with E-state index >= 15 is 0 Å². The van der Waals surface area contributed by atoms with Crippen molar-refractivity contribution in [1.29, 1.82) is 0 Å². The van der Waals surface area contributed by atoms with Crippen LogP contribution in [0.3, 0.4) is 0 Å². The molecule has 0 saturated carbocycles. The molecule has 1 fully saturated rings. The summed E-state index contributed by atoms with van der Waals surface area (Å²) in [5, 5.41) is 13.0. The summed E-state index contributed by atoms with van der Waals surface area (Å²) in [4.78, 5) is 34.2. The Labute approximate surface area is 243 Å². The van der Waals surface area contributed by atoms with Gasteiger partial charge in [-0.3, -0.25) is 14.7 Å².